The average Bonchev–Trinajstić information content (AvgIpc) is 2.37. The maximum atomic E-state index is 13.0. The van der Waals surface area contributed by atoms with Crippen LogP contribution >= 0.6 is 11.6 Å². The summed E-state index contributed by atoms with van der Waals surface area (Å²) in [6.07, 6.45) is -4.44. The van der Waals surface area contributed by atoms with Crippen LogP contribution in [0.1, 0.15) is 31.2 Å². The van der Waals surface area contributed by atoms with Crippen LogP contribution in [0.5, 0.6) is 0 Å². The van der Waals surface area contributed by atoms with Crippen molar-refractivity contribution in [3.8, 4) is 11.3 Å². The van der Waals surface area contributed by atoms with Crippen molar-refractivity contribution in [1.82, 2.24) is 9.97 Å². The summed E-state index contributed by atoms with van der Waals surface area (Å²) in [5.74, 6) is 0.398. The predicted octanol–water partition coefficient (Wildman–Crippen LogP) is 4.94. The van der Waals surface area contributed by atoms with Crippen LogP contribution in [0.15, 0.2) is 30.3 Å². The molecule has 0 unspecified atom stereocenters. The van der Waals surface area contributed by atoms with E-state index in [4.69, 9.17) is 11.6 Å². The highest BCUT2D eigenvalue weighted by Crippen LogP contribution is 2.36. The lowest BCUT2D eigenvalue weighted by Gasteiger charge is -2.13. The van der Waals surface area contributed by atoms with Gasteiger partial charge in [-0.05, 0) is 6.07 Å². The van der Waals surface area contributed by atoms with Crippen molar-refractivity contribution in [3.05, 3.63) is 46.9 Å². The van der Waals surface area contributed by atoms with E-state index in [0.717, 1.165) is 6.07 Å². The molecule has 0 bridgehead atoms. The Morgan fingerprint density at radius 1 is 1.10 bits per heavy atom. The Kier molecular flexibility index (Phi) is 3.99. The molecule has 0 radical (unpaired) electrons. The lowest BCUT2D eigenvalue weighted by molar-refractivity contribution is -0.137. The zero-order chi connectivity index (χ0) is 14.9. The van der Waals surface area contributed by atoms with Crippen molar-refractivity contribution in [2.75, 3.05) is 0 Å². The Hall–Kier alpha value is -1.62. The minimum atomic E-state index is -4.44. The largest absolute Gasteiger partial charge is 0.417 e. The molecule has 0 aliphatic heterocycles. The standard InChI is InChI=1S/C14H12ClF3N2/c1-8(2)13-19-11(7-12(15)20-13)9-5-3-4-6-10(9)14(16,17)18/h3-8H,1-2H3. The zero-order valence-electron chi connectivity index (χ0n) is 10.9. The number of nitrogens with zero attached hydrogens (tertiary/aromatic N) is 2. The minimum Gasteiger partial charge on any atom is -0.233 e. The Balaban J connectivity index is 2.63. The third-order valence-electron chi connectivity index (χ3n) is 2.74. The highest BCUT2D eigenvalue weighted by molar-refractivity contribution is 6.29. The highest BCUT2D eigenvalue weighted by atomic mass is 35.5. The van der Waals surface area contributed by atoms with Crippen LogP contribution in [-0.4, -0.2) is 9.97 Å². The second kappa shape index (κ2) is 5.40. The van der Waals surface area contributed by atoms with Crippen LogP contribution in [0.25, 0.3) is 11.3 Å². The lowest BCUT2D eigenvalue weighted by Crippen LogP contribution is -2.08. The molecule has 20 heavy (non-hydrogen) atoms. The molecule has 1 aromatic heterocycles. The molecule has 0 aliphatic rings. The number of hydrogen-bond acceptors (Lipinski definition) is 2. The van der Waals surface area contributed by atoms with E-state index < -0.39 is 11.7 Å². The lowest BCUT2D eigenvalue weighted by atomic mass is 10.0. The number of aromatic nitrogens is 2. The van der Waals surface area contributed by atoms with Gasteiger partial charge in [0.05, 0.1) is 11.3 Å². The normalized spacial score (nSPS) is 11.9. The van der Waals surface area contributed by atoms with Gasteiger partial charge in [-0.3, -0.25) is 0 Å². The van der Waals surface area contributed by atoms with E-state index in [1.54, 1.807) is 0 Å². The first-order chi connectivity index (χ1) is 9.29. The van der Waals surface area contributed by atoms with Crippen LogP contribution in [0, 0.1) is 0 Å². The molecular formula is C14H12ClF3N2. The van der Waals surface area contributed by atoms with Crippen molar-refractivity contribution in [1.29, 1.82) is 0 Å². The van der Waals surface area contributed by atoms with E-state index in [9.17, 15) is 13.2 Å². The first-order valence-corrected chi connectivity index (χ1v) is 6.38. The SMILES string of the molecule is CC(C)c1nc(Cl)cc(-c2ccccc2C(F)(F)F)n1. The summed E-state index contributed by atoms with van der Waals surface area (Å²) in [7, 11) is 0. The minimum absolute atomic E-state index is 0.00574. The van der Waals surface area contributed by atoms with Gasteiger partial charge in [-0.15, -0.1) is 0 Å². The fourth-order valence-corrected chi connectivity index (χ4v) is 1.97. The second-order valence-electron chi connectivity index (χ2n) is 4.63. The molecule has 0 saturated carbocycles. The summed E-state index contributed by atoms with van der Waals surface area (Å²) < 4.78 is 39.1. The first-order valence-electron chi connectivity index (χ1n) is 6.00. The van der Waals surface area contributed by atoms with Crippen LogP contribution < -0.4 is 0 Å². The molecule has 0 spiro atoms. The molecule has 0 amide bonds. The number of rotatable bonds is 2. The number of hydrogen-bond donors (Lipinski definition) is 0. The molecule has 0 N–H and O–H groups in total. The van der Waals surface area contributed by atoms with Crippen molar-refractivity contribution in [2.24, 2.45) is 0 Å². The summed E-state index contributed by atoms with van der Waals surface area (Å²) >= 11 is 5.88. The van der Waals surface area contributed by atoms with Crippen molar-refractivity contribution >= 4 is 11.6 Å². The Morgan fingerprint density at radius 3 is 2.35 bits per heavy atom. The van der Waals surface area contributed by atoms with Gasteiger partial charge in [0, 0.05) is 17.5 Å². The van der Waals surface area contributed by atoms with Crippen molar-refractivity contribution < 1.29 is 13.2 Å². The van der Waals surface area contributed by atoms with Gasteiger partial charge in [-0.2, -0.15) is 13.2 Å². The summed E-state index contributed by atoms with van der Waals surface area (Å²) in [5.41, 5.74) is -0.544. The van der Waals surface area contributed by atoms with Gasteiger partial charge in [0.2, 0.25) is 0 Å². The third-order valence-corrected chi connectivity index (χ3v) is 2.93. The van der Waals surface area contributed by atoms with E-state index in [1.807, 2.05) is 13.8 Å². The van der Waals surface area contributed by atoms with Crippen molar-refractivity contribution in [2.45, 2.75) is 25.9 Å². The summed E-state index contributed by atoms with van der Waals surface area (Å²) in [6.45, 7) is 3.70. The molecule has 106 valence electrons. The quantitative estimate of drug-likeness (QED) is 0.734. The monoisotopic (exact) mass is 300 g/mol. The molecule has 0 atom stereocenters. The van der Waals surface area contributed by atoms with E-state index >= 15 is 0 Å². The van der Waals surface area contributed by atoms with Crippen molar-refractivity contribution in [3.63, 3.8) is 0 Å². The third kappa shape index (κ3) is 3.10. The molecule has 2 rings (SSSR count). The van der Waals surface area contributed by atoms with Gasteiger partial charge < -0.3 is 0 Å². The Morgan fingerprint density at radius 2 is 1.75 bits per heavy atom. The highest BCUT2D eigenvalue weighted by Gasteiger charge is 2.33. The Bertz CT molecular complexity index is 624. The van der Waals surface area contributed by atoms with Crippen LogP contribution in [0.4, 0.5) is 13.2 Å². The second-order valence-corrected chi connectivity index (χ2v) is 5.02. The molecule has 2 aromatic rings. The first kappa shape index (κ1) is 14.8. The van der Waals surface area contributed by atoms with Gasteiger partial charge in [-0.1, -0.05) is 43.6 Å². The molecule has 6 heteroatoms. The van der Waals surface area contributed by atoms with Gasteiger partial charge in [0.15, 0.2) is 0 Å². The molecule has 0 fully saturated rings. The molecule has 1 heterocycles. The number of halogens is 4. The fourth-order valence-electron chi connectivity index (χ4n) is 1.79. The van der Waals surface area contributed by atoms with E-state index in [-0.39, 0.29) is 22.3 Å². The summed E-state index contributed by atoms with van der Waals surface area (Å²) in [6, 6.07) is 6.64. The number of benzene rings is 1. The average molecular weight is 301 g/mol. The molecular weight excluding hydrogens is 289 g/mol. The maximum absolute atomic E-state index is 13.0. The van der Waals surface area contributed by atoms with Gasteiger partial charge in [-0.25, -0.2) is 9.97 Å². The molecule has 0 aliphatic carbocycles. The van der Waals surface area contributed by atoms with Gasteiger partial charge in [0.1, 0.15) is 11.0 Å². The van der Waals surface area contributed by atoms with E-state index in [2.05, 4.69) is 9.97 Å². The van der Waals surface area contributed by atoms with Crippen LogP contribution in [0.3, 0.4) is 0 Å². The van der Waals surface area contributed by atoms with Gasteiger partial charge in [0.25, 0.3) is 0 Å². The van der Waals surface area contributed by atoms with Crippen LogP contribution in [0.2, 0.25) is 5.15 Å². The zero-order valence-corrected chi connectivity index (χ0v) is 11.6. The molecule has 2 nitrogen and oxygen atoms in total. The van der Waals surface area contributed by atoms with Crippen LogP contribution in [-0.2, 0) is 6.18 Å². The predicted molar refractivity (Wildman–Crippen MR) is 71.6 cm³/mol. The Labute approximate surface area is 119 Å². The van der Waals surface area contributed by atoms with E-state index in [1.165, 1.54) is 24.3 Å². The summed E-state index contributed by atoms with van der Waals surface area (Å²) in [4.78, 5) is 8.21. The molecule has 1 aromatic carbocycles. The molecule has 0 saturated heterocycles. The summed E-state index contributed by atoms with van der Waals surface area (Å²) in [5, 5.41) is 0.135. The van der Waals surface area contributed by atoms with Gasteiger partial charge >= 0.3 is 6.18 Å². The maximum Gasteiger partial charge on any atom is 0.417 e. The topological polar surface area (TPSA) is 25.8 Å². The number of alkyl halides is 3. The smallest absolute Gasteiger partial charge is 0.233 e. The fraction of sp³-hybridized carbons (Fsp3) is 0.286. The van der Waals surface area contributed by atoms with E-state index in [0.29, 0.717) is 5.82 Å².